The minimum atomic E-state index is -0.517. The fourth-order valence-electron chi connectivity index (χ4n) is 2.53. The van der Waals surface area contributed by atoms with Crippen LogP contribution in [0.4, 0.5) is 16.0 Å². The largest absolute Gasteiger partial charge is 0.490 e. The van der Waals surface area contributed by atoms with E-state index in [9.17, 15) is 9.18 Å². The Hall–Kier alpha value is -2.57. The van der Waals surface area contributed by atoms with Crippen molar-refractivity contribution in [3.05, 3.63) is 79.9 Å². The summed E-state index contributed by atoms with van der Waals surface area (Å²) in [5.41, 5.74) is 1.71. The molecule has 3 aromatic rings. The zero-order valence-corrected chi connectivity index (χ0v) is 16.1. The van der Waals surface area contributed by atoms with Crippen LogP contribution in [0.25, 0.3) is 0 Å². The number of nitrogens with zero attached hydrogens (tertiary/aromatic N) is 2. The highest BCUT2D eigenvalue weighted by molar-refractivity contribution is 6.34. The van der Waals surface area contributed by atoms with Crippen molar-refractivity contribution in [2.45, 2.75) is 13.5 Å². The molecule has 0 saturated carbocycles. The van der Waals surface area contributed by atoms with Gasteiger partial charge in [-0.25, -0.2) is 4.39 Å². The van der Waals surface area contributed by atoms with Crippen LogP contribution in [-0.4, -0.2) is 16.7 Å². The Bertz CT molecular complexity index is 1050. The fourth-order valence-corrected chi connectivity index (χ4v) is 2.91. The molecule has 0 unspecified atom stereocenters. The third-order valence-corrected chi connectivity index (χ3v) is 4.75. The van der Waals surface area contributed by atoms with Gasteiger partial charge in [0, 0.05) is 0 Å². The number of benzene rings is 2. The molecule has 0 aliphatic heterocycles. The summed E-state index contributed by atoms with van der Waals surface area (Å²) in [5.74, 6) is -0.140. The van der Waals surface area contributed by atoms with Crippen molar-refractivity contribution in [1.82, 2.24) is 9.55 Å². The number of aromatic nitrogens is 2. The summed E-state index contributed by atoms with van der Waals surface area (Å²) in [6.07, 6.45) is 1.53. The summed E-state index contributed by atoms with van der Waals surface area (Å²) in [7, 11) is 1.39. The van der Waals surface area contributed by atoms with Crippen LogP contribution >= 0.6 is 23.2 Å². The van der Waals surface area contributed by atoms with Crippen molar-refractivity contribution >= 4 is 34.8 Å². The molecule has 27 heavy (non-hydrogen) atoms. The third kappa shape index (κ3) is 4.23. The van der Waals surface area contributed by atoms with Gasteiger partial charge in [0.2, 0.25) is 11.7 Å². The van der Waals surface area contributed by atoms with E-state index in [1.54, 1.807) is 16.7 Å². The first-order chi connectivity index (χ1) is 12.9. The first-order valence-electron chi connectivity index (χ1n) is 8.00. The lowest BCUT2D eigenvalue weighted by Gasteiger charge is -2.16. The molecule has 0 atom stereocenters. The molecule has 5 nitrogen and oxygen atoms in total. The average Bonchev–Trinajstić information content (AvgIpc) is 2.64. The molecule has 1 aromatic heterocycles. The Morgan fingerprint density at radius 2 is 2.04 bits per heavy atom. The highest BCUT2D eigenvalue weighted by atomic mass is 35.5. The molecule has 0 aliphatic carbocycles. The van der Waals surface area contributed by atoms with Crippen LogP contribution in [0.5, 0.6) is 5.75 Å². The number of anilines is 2. The summed E-state index contributed by atoms with van der Waals surface area (Å²) in [4.78, 5) is 16.2. The molecular formula is C19H16Cl2FN3O2. The normalized spacial score (nSPS) is 10.7. The minimum absolute atomic E-state index is 0.0182. The van der Waals surface area contributed by atoms with E-state index in [4.69, 9.17) is 27.9 Å². The lowest BCUT2D eigenvalue weighted by atomic mass is 10.2. The molecule has 1 heterocycles. The van der Waals surface area contributed by atoms with Gasteiger partial charge in [-0.1, -0.05) is 41.4 Å². The SMILES string of the molecule is COc1cn(Cc2ccc(F)c(Cl)c2)c(Nc2cccc(C)c2Cl)nc1=O. The summed E-state index contributed by atoms with van der Waals surface area (Å²) in [6.45, 7) is 2.16. The van der Waals surface area contributed by atoms with Crippen molar-refractivity contribution in [3.8, 4) is 5.75 Å². The van der Waals surface area contributed by atoms with Gasteiger partial charge in [-0.2, -0.15) is 4.98 Å². The van der Waals surface area contributed by atoms with Gasteiger partial charge in [-0.3, -0.25) is 4.79 Å². The molecule has 8 heteroatoms. The van der Waals surface area contributed by atoms with Crippen LogP contribution in [0.3, 0.4) is 0 Å². The monoisotopic (exact) mass is 407 g/mol. The smallest absolute Gasteiger partial charge is 0.316 e. The summed E-state index contributed by atoms with van der Waals surface area (Å²) in [6, 6.07) is 9.91. The first kappa shape index (κ1) is 19.2. The number of aryl methyl sites for hydroxylation is 1. The first-order valence-corrected chi connectivity index (χ1v) is 8.76. The summed E-state index contributed by atoms with van der Waals surface area (Å²) >= 11 is 12.2. The molecule has 0 radical (unpaired) electrons. The van der Waals surface area contributed by atoms with Crippen LogP contribution in [0, 0.1) is 12.7 Å². The quantitative estimate of drug-likeness (QED) is 0.659. The second-order valence-corrected chi connectivity index (χ2v) is 6.66. The molecule has 0 fully saturated rings. The average molecular weight is 408 g/mol. The molecule has 140 valence electrons. The lowest BCUT2D eigenvalue weighted by molar-refractivity contribution is 0.402. The molecule has 0 saturated heterocycles. The zero-order chi connectivity index (χ0) is 19.6. The highest BCUT2D eigenvalue weighted by Gasteiger charge is 2.12. The summed E-state index contributed by atoms with van der Waals surface area (Å²) < 4.78 is 20.2. The van der Waals surface area contributed by atoms with Crippen LogP contribution < -0.4 is 15.6 Å². The van der Waals surface area contributed by atoms with E-state index in [-0.39, 0.29) is 23.3 Å². The van der Waals surface area contributed by atoms with Crippen LogP contribution in [0.2, 0.25) is 10.0 Å². The molecular weight excluding hydrogens is 392 g/mol. The molecule has 3 rings (SSSR count). The van der Waals surface area contributed by atoms with Crippen molar-refractivity contribution in [2.75, 3.05) is 12.4 Å². The van der Waals surface area contributed by atoms with E-state index in [1.807, 2.05) is 19.1 Å². The van der Waals surface area contributed by atoms with Gasteiger partial charge >= 0.3 is 5.56 Å². The van der Waals surface area contributed by atoms with Gasteiger partial charge in [0.25, 0.3) is 0 Å². The molecule has 0 spiro atoms. The van der Waals surface area contributed by atoms with E-state index >= 15 is 0 Å². The number of hydrogen-bond acceptors (Lipinski definition) is 4. The number of methoxy groups -OCH3 is 1. The Morgan fingerprint density at radius 1 is 1.26 bits per heavy atom. The van der Waals surface area contributed by atoms with Crippen molar-refractivity contribution in [1.29, 1.82) is 0 Å². The third-order valence-electron chi connectivity index (χ3n) is 3.96. The predicted molar refractivity (Wildman–Crippen MR) is 105 cm³/mol. The second kappa shape index (κ2) is 7.98. The van der Waals surface area contributed by atoms with Crippen molar-refractivity contribution in [3.63, 3.8) is 0 Å². The van der Waals surface area contributed by atoms with Gasteiger partial charge in [0.05, 0.1) is 35.6 Å². The van der Waals surface area contributed by atoms with Crippen molar-refractivity contribution < 1.29 is 9.13 Å². The lowest BCUT2D eigenvalue weighted by Crippen LogP contribution is -2.18. The second-order valence-electron chi connectivity index (χ2n) is 5.88. The van der Waals surface area contributed by atoms with E-state index in [1.165, 1.54) is 25.4 Å². The zero-order valence-electron chi connectivity index (χ0n) is 14.6. The van der Waals surface area contributed by atoms with Crippen molar-refractivity contribution in [2.24, 2.45) is 0 Å². The maximum Gasteiger partial charge on any atom is 0.316 e. The highest BCUT2D eigenvalue weighted by Crippen LogP contribution is 2.28. The van der Waals surface area contributed by atoms with Gasteiger partial charge in [0.15, 0.2) is 0 Å². The molecule has 0 aliphatic rings. The predicted octanol–water partition coefficient (Wildman–Crippen LogP) is 4.80. The number of hydrogen-bond donors (Lipinski definition) is 1. The van der Waals surface area contributed by atoms with Gasteiger partial charge < -0.3 is 14.6 Å². The van der Waals surface area contributed by atoms with Gasteiger partial charge in [-0.05, 0) is 36.2 Å². The van der Waals surface area contributed by atoms with Crippen LogP contribution in [0.1, 0.15) is 11.1 Å². The van der Waals surface area contributed by atoms with E-state index in [0.717, 1.165) is 11.1 Å². The van der Waals surface area contributed by atoms with E-state index in [0.29, 0.717) is 10.7 Å². The number of ether oxygens (including phenoxy) is 1. The van der Waals surface area contributed by atoms with E-state index in [2.05, 4.69) is 10.3 Å². The maximum atomic E-state index is 13.4. The minimum Gasteiger partial charge on any atom is -0.490 e. The number of rotatable bonds is 5. The molecule has 0 amide bonds. The summed E-state index contributed by atoms with van der Waals surface area (Å²) in [5, 5.41) is 3.62. The molecule has 1 N–H and O–H groups in total. The standard InChI is InChI=1S/C19H16Cl2FN3O2/c1-11-4-3-5-15(17(11)21)23-19-24-18(26)16(27-2)10-25(19)9-12-6-7-14(22)13(20)8-12/h3-8,10H,9H2,1-2H3,(H,23,24,26). The fraction of sp³-hybridized carbons (Fsp3) is 0.158. The van der Waals surface area contributed by atoms with Gasteiger partial charge in [-0.15, -0.1) is 0 Å². The van der Waals surface area contributed by atoms with Gasteiger partial charge in [0.1, 0.15) is 5.82 Å². The Kier molecular flexibility index (Phi) is 5.68. The van der Waals surface area contributed by atoms with Crippen LogP contribution in [-0.2, 0) is 6.54 Å². The topological polar surface area (TPSA) is 56.1 Å². The Labute approximate surface area is 165 Å². The maximum absolute atomic E-state index is 13.4. The molecule has 0 bridgehead atoms. The molecule has 2 aromatic carbocycles. The number of halogens is 3. The Balaban J connectivity index is 2.04. The Morgan fingerprint density at radius 3 is 2.74 bits per heavy atom. The van der Waals surface area contributed by atoms with Crippen LogP contribution in [0.15, 0.2) is 47.4 Å². The number of nitrogens with one attached hydrogen (secondary N) is 1. The van der Waals surface area contributed by atoms with E-state index < -0.39 is 11.4 Å².